The van der Waals surface area contributed by atoms with E-state index in [1.54, 1.807) is 24.3 Å². The number of carboxylic acids is 1. The van der Waals surface area contributed by atoms with E-state index >= 15 is 0 Å². The smallest absolute Gasteiger partial charge is 0.347 e. The van der Waals surface area contributed by atoms with Crippen LogP contribution in [-0.2, 0) is 16.6 Å². The van der Waals surface area contributed by atoms with Crippen molar-refractivity contribution in [2.45, 2.75) is 32.6 Å². The number of nitrogens with zero attached hydrogens (tertiary/aromatic N) is 1. The number of hydrogen-bond donors (Lipinski definition) is 1. The largest absolute Gasteiger partial charge is 0.477 e. The molecule has 0 radical (unpaired) electrons. The molecule has 0 amide bonds. The fourth-order valence-electron chi connectivity index (χ4n) is 2.12. The van der Waals surface area contributed by atoms with Crippen molar-refractivity contribution < 1.29 is 19.4 Å². The lowest BCUT2D eigenvalue weighted by atomic mass is 9.98. The maximum atomic E-state index is 11.9. The predicted molar refractivity (Wildman–Crippen MR) is 88.4 cm³/mol. The minimum Gasteiger partial charge on any atom is -0.477 e. The first-order valence-corrected chi connectivity index (χ1v) is 7.95. The van der Waals surface area contributed by atoms with Crippen LogP contribution in [0, 0.1) is 0 Å². The summed E-state index contributed by atoms with van der Waals surface area (Å²) in [4.78, 5) is 28.1. The maximum Gasteiger partial charge on any atom is 0.347 e. The molecular formula is C17H19NO4S. The minimum atomic E-state index is -0.997. The van der Waals surface area contributed by atoms with Crippen LogP contribution in [0.3, 0.4) is 0 Å². The highest BCUT2D eigenvalue weighted by atomic mass is 32.1. The van der Waals surface area contributed by atoms with Gasteiger partial charge in [0, 0.05) is 11.8 Å². The first-order chi connectivity index (χ1) is 10.7. The number of carbonyl (C=O) groups excluding carboxylic acids is 1. The lowest BCUT2D eigenvalue weighted by Gasteiger charge is -2.13. The summed E-state index contributed by atoms with van der Waals surface area (Å²) < 4.78 is 4.78. The second-order valence-corrected chi connectivity index (χ2v) is 7.17. The molecule has 5 nitrogen and oxygen atoms in total. The van der Waals surface area contributed by atoms with E-state index < -0.39 is 11.9 Å². The summed E-state index contributed by atoms with van der Waals surface area (Å²) in [6.45, 7) is 5.97. The number of carbonyl (C=O) groups is 2. The third-order valence-electron chi connectivity index (χ3n) is 3.31. The summed E-state index contributed by atoms with van der Waals surface area (Å²) in [5.74, 6) is -1.44. The van der Waals surface area contributed by atoms with Crippen LogP contribution in [0.4, 0.5) is 0 Å². The molecule has 0 unspecified atom stereocenters. The van der Waals surface area contributed by atoms with E-state index in [4.69, 9.17) is 4.74 Å². The quantitative estimate of drug-likeness (QED) is 0.866. The third kappa shape index (κ3) is 3.76. The van der Waals surface area contributed by atoms with E-state index in [-0.39, 0.29) is 16.7 Å². The molecule has 0 fully saturated rings. The number of rotatable bonds is 4. The van der Waals surface area contributed by atoms with Crippen molar-refractivity contribution in [3.8, 4) is 0 Å². The number of aromatic carboxylic acids is 1. The Morgan fingerprint density at radius 1 is 1.26 bits per heavy atom. The summed E-state index contributed by atoms with van der Waals surface area (Å²) >= 11 is 1.19. The molecule has 0 aliphatic heterocycles. The number of benzene rings is 1. The molecular weight excluding hydrogens is 314 g/mol. The van der Waals surface area contributed by atoms with Gasteiger partial charge in [-0.25, -0.2) is 14.6 Å². The molecule has 0 saturated carbocycles. The molecule has 1 aromatic heterocycles. The zero-order chi connectivity index (χ0) is 17.2. The standard InChI is InChI=1S/C17H19NO4S/c1-17(2,3)16-18-12(13(23-16)14(19)20)9-10-7-5-6-8-11(10)15(21)22-4/h5-8H,9H2,1-4H3,(H,19,20). The van der Waals surface area contributed by atoms with Crippen LogP contribution in [0.25, 0.3) is 0 Å². The topological polar surface area (TPSA) is 76.5 Å². The van der Waals surface area contributed by atoms with Crippen molar-refractivity contribution in [2.24, 2.45) is 0 Å². The number of esters is 1. The van der Waals surface area contributed by atoms with Crippen LogP contribution >= 0.6 is 11.3 Å². The Labute approximate surface area is 138 Å². The van der Waals surface area contributed by atoms with Gasteiger partial charge in [0.1, 0.15) is 4.88 Å². The van der Waals surface area contributed by atoms with Crippen molar-refractivity contribution >= 4 is 23.3 Å². The molecule has 0 atom stereocenters. The van der Waals surface area contributed by atoms with E-state index in [1.807, 2.05) is 20.8 Å². The fourth-order valence-corrected chi connectivity index (χ4v) is 3.10. The predicted octanol–water partition coefficient (Wildman–Crippen LogP) is 3.52. The molecule has 23 heavy (non-hydrogen) atoms. The Morgan fingerprint density at radius 3 is 2.48 bits per heavy atom. The molecule has 0 spiro atoms. The van der Waals surface area contributed by atoms with Crippen LogP contribution in [0.2, 0.25) is 0 Å². The summed E-state index contributed by atoms with van der Waals surface area (Å²) in [5, 5.41) is 10.2. The summed E-state index contributed by atoms with van der Waals surface area (Å²) in [7, 11) is 1.32. The lowest BCUT2D eigenvalue weighted by molar-refractivity contribution is 0.0599. The van der Waals surface area contributed by atoms with E-state index in [1.165, 1.54) is 18.4 Å². The zero-order valence-corrected chi connectivity index (χ0v) is 14.4. The van der Waals surface area contributed by atoms with Crippen molar-refractivity contribution in [1.82, 2.24) is 4.98 Å². The molecule has 1 heterocycles. The minimum absolute atomic E-state index is 0.217. The highest BCUT2D eigenvalue weighted by Crippen LogP contribution is 2.31. The highest BCUT2D eigenvalue weighted by molar-refractivity contribution is 7.13. The van der Waals surface area contributed by atoms with Gasteiger partial charge in [0.2, 0.25) is 0 Å². The Kier molecular flexibility index (Phi) is 4.85. The molecule has 1 N–H and O–H groups in total. The second kappa shape index (κ2) is 6.50. The molecule has 0 bridgehead atoms. The Bertz CT molecular complexity index is 743. The molecule has 6 heteroatoms. The Balaban J connectivity index is 2.47. The number of carboxylic acid groups (broad SMARTS) is 1. The number of aromatic nitrogens is 1. The van der Waals surface area contributed by atoms with Crippen LogP contribution < -0.4 is 0 Å². The van der Waals surface area contributed by atoms with E-state index in [0.29, 0.717) is 16.8 Å². The van der Waals surface area contributed by atoms with Gasteiger partial charge in [0.15, 0.2) is 0 Å². The Morgan fingerprint density at radius 2 is 1.91 bits per heavy atom. The van der Waals surface area contributed by atoms with Gasteiger partial charge in [-0.15, -0.1) is 11.3 Å². The number of thiazole rings is 1. The van der Waals surface area contributed by atoms with Crippen LogP contribution in [-0.4, -0.2) is 29.1 Å². The first kappa shape index (κ1) is 17.1. The maximum absolute atomic E-state index is 11.9. The van der Waals surface area contributed by atoms with Gasteiger partial charge >= 0.3 is 11.9 Å². The van der Waals surface area contributed by atoms with Gasteiger partial charge in [0.25, 0.3) is 0 Å². The third-order valence-corrected chi connectivity index (χ3v) is 4.83. The van der Waals surface area contributed by atoms with Gasteiger partial charge in [-0.3, -0.25) is 0 Å². The first-order valence-electron chi connectivity index (χ1n) is 7.13. The molecule has 2 rings (SSSR count). The summed E-state index contributed by atoms with van der Waals surface area (Å²) in [6, 6.07) is 7.00. The van der Waals surface area contributed by atoms with Crippen LogP contribution in [0.15, 0.2) is 24.3 Å². The molecule has 122 valence electrons. The van der Waals surface area contributed by atoms with Crippen molar-refractivity contribution in [1.29, 1.82) is 0 Å². The van der Waals surface area contributed by atoms with E-state index in [9.17, 15) is 14.7 Å². The van der Waals surface area contributed by atoms with Gasteiger partial charge in [0.05, 0.1) is 23.4 Å². The van der Waals surface area contributed by atoms with Crippen molar-refractivity contribution in [2.75, 3.05) is 7.11 Å². The van der Waals surface area contributed by atoms with Gasteiger partial charge in [-0.05, 0) is 11.6 Å². The highest BCUT2D eigenvalue weighted by Gasteiger charge is 2.25. The zero-order valence-electron chi connectivity index (χ0n) is 13.5. The molecule has 0 saturated heterocycles. The number of hydrogen-bond acceptors (Lipinski definition) is 5. The summed E-state index contributed by atoms with van der Waals surface area (Å²) in [6.07, 6.45) is 0.277. The summed E-state index contributed by atoms with van der Waals surface area (Å²) in [5.41, 5.74) is 1.38. The van der Waals surface area contributed by atoms with Crippen molar-refractivity contribution in [3.63, 3.8) is 0 Å². The number of ether oxygens (including phenoxy) is 1. The van der Waals surface area contributed by atoms with Crippen LogP contribution in [0.5, 0.6) is 0 Å². The average molecular weight is 333 g/mol. The van der Waals surface area contributed by atoms with Gasteiger partial charge < -0.3 is 9.84 Å². The Hall–Kier alpha value is -2.21. The lowest BCUT2D eigenvalue weighted by Crippen LogP contribution is -2.11. The second-order valence-electron chi connectivity index (χ2n) is 6.18. The monoisotopic (exact) mass is 333 g/mol. The normalized spacial score (nSPS) is 11.3. The average Bonchev–Trinajstić information content (AvgIpc) is 2.91. The number of methoxy groups -OCH3 is 1. The molecule has 1 aromatic carbocycles. The SMILES string of the molecule is COC(=O)c1ccccc1Cc1nc(C(C)(C)C)sc1C(=O)O. The van der Waals surface area contributed by atoms with Crippen molar-refractivity contribution in [3.05, 3.63) is 51.0 Å². The van der Waals surface area contributed by atoms with Crippen LogP contribution in [0.1, 0.15) is 57.1 Å². The fraction of sp³-hybridized carbons (Fsp3) is 0.353. The molecule has 0 aliphatic carbocycles. The molecule has 2 aromatic rings. The van der Waals surface area contributed by atoms with Gasteiger partial charge in [-0.2, -0.15) is 0 Å². The van der Waals surface area contributed by atoms with E-state index in [0.717, 1.165) is 5.01 Å². The molecule has 0 aliphatic rings. The van der Waals surface area contributed by atoms with Gasteiger partial charge in [-0.1, -0.05) is 39.0 Å². The van der Waals surface area contributed by atoms with E-state index in [2.05, 4.69) is 4.98 Å².